The van der Waals surface area contributed by atoms with Crippen molar-refractivity contribution < 1.29 is 14.3 Å². The summed E-state index contributed by atoms with van der Waals surface area (Å²) < 4.78 is 5.42. The molecule has 1 unspecified atom stereocenters. The van der Waals surface area contributed by atoms with E-state index in [1.165, 1.54) is 15.9 Å². The number of benzene rings is 3. The number of rotatable bonds is 10. The Morgan fingerprint density at radius 1 is 0.853 bits per heavy atom. The van der Waals surface area contributed by atoms with Crippen molar-refractivity contribution in [3.05, 3.63) is 91.0 Å². The molecule has 0 saturated carbocycles. The summed E-state index contributed by atoms with van der Waals surface area (Å²) in [5.74, 6) is 0.109. The minimum atomic E-state index is -2.89. The summed E-state index contributed by atoms with van der Waals surface area (Å²) in [6, 6.07) is 31.8. The molecule has 1 aliphatic rings. The maximum absolute atomic E-state index is 12.1. The monoisotopic (exact) mass is 557 g/mol. The summed E-state index contributed by atoms with van der Waals surface area (Å²) in [5.41, 5.74) is 0. The van der Waals surface area contributed by atoms with Crippen LogP contribution in [0.4, 0.5) is 4.79 Å². The van der Waals surface area contributed by atoms with Crippen LogP contribution in [0, 0.1) is 0 Å². The number of carbonyl (C=O) groups excluding carboxylic acids is 2. The molecule has 1 aliphatic heterocycles. The van der Waals surface area contributed by atoms with Gasteiger partial charge in [0.1, 0.15) is 0 Å². The van der Waals surface area contributed by atoms with Crippen molar-refractivity contribution in [2.75, 3.05) is 18.5 Å². The fourth-order valence-corrected chi connectivity index (χ4v) is 13.0. The van der Waals surface area contributed by atoms with E-state index in [2.05, 4.69) is 112 Å². The Morgan fingerprint density at radius 3 is 1.79 bits per heavy atom. The third kappa shape index (κ3) is 5.10. The molecule has 0 aliphatic carbocycles. The maximum atomic E-state index is 12.1. The number of thioether (sulfide) groups is 1. The van der Waals surface area contributed by atoms with E-state index >= 15 is 0 Å². The normalized spacial score (nSPS) is 16.9. The molecule has 34 heavy (non-hydrogen) atoms. The van der Waals surface area contributed by atoms with Crippen LogP contribution in [0.5, 0.6) is 0 Å². The molecule has 178 valence electrons. The zero-order chi connectivity index (χ0) is 23.9. The van der Waals surface area contributed by atoms with Gasteiger partial charge in [0.25, 0.3) is 0 Å². The predicted molar refractivity (Wildman–Crippen MR) is 149 cm³/mol. The van der Waals surface area contributed by atoms with Gasteiger partial charge in [-0.15, -0.1) is 0 Å². The van der Waals surface area contributed by atoms with Gasteiger partial charge in [0, 0.05) is 0 Å². The minimum absolute atomic E-state index is 0.159. The van der Waals surface area contributed by atoms with Crippen LogP contribution in [0.15, 0.2) is 91.0 Å². The summed E-state index contributed by atoms with van der Waals surface area (Å²) in [5, 5.41) is 3.52. The predicted octanol–water partition coefficient (Wildman–Crippen LogP) is 5.36. The molecule has 0 radical (unpaired) electrons. The third-order valence-electron chi connectivity index (χ3n) is 6.31. The van der Waals surface area contributed by atoms with Gasteiger partial charge in [-0.1, -0.05) is 0 Å². The van der Waals surface area contributed by atoms with E-state index in [4.69, 9.17) is 4.74 Å². The average molecular weight is 558 g/mol. The Balaban J connectivity index is 1.52. The summed E-state index contributed by atoms with van der Waals surface area (Å²) >= 11 is 5.59. The van der Waals surface area contributed by atoms with Crippen LogP contribution in [0.1, 0.15) is 19.3 Å². The first-order valence-electron chi connectivity index (χ1n) is 11.5. The van der Waals surface area contributed by atoms with Gasteiger partial charge in [0.15, 0.2) is 0 Å². The molecule has 1 heterocycles. The molecular formula is C27H29BrNO3PS. The summed E-state index contributed by atoms with van der Waals surface area (Å²) in [7, 11) is 0. The van der Waals surface area contributed by atoms with Crippen molar-refractivity contribution in [3.63, 3.8) is 0 Å². The Morgan fingerprint density at radius 2 is 1.35 bits per heavy atom. The van der Waals surface area contributed by atoms with Gasteiger partial charge in [0.2, 0.25) is 0 Å². The number of halogens is 1. The molecule has 7 heteroatoms. The molecule has 1 fully saturated rings. The van der Waals surface area contributed by atoms with Crippen LogP contribution >= 0.6 is 32.6 Å². The van der Waals surface area contributed by atoms with Crippen molar-refractivity contribution in [3.8, 4) is 0 Å². The Bertz CT molecular complexity index is 1020. The molecule has 1 amide bonds. The first-order chi connectivity index (χ1) is 16.5. The van der Waals surface area contributed by atoms with Crippen LogP contribution in [0.25, 0.3) is 0 Å². The molecule has 3 aromatic carbocycles. The molecule has 3 aromatic rings. The average Bonchev–Trinajstić information content (AvgIpc) is 3.34. The second-order valence-corrected chi connectivity index (χ2v) is 18.5. The van der Waals surface area contributed by atoms with Gasteiger partial charge < -0.3 is 0 Å². The zero-order valence-corrected chi connectivity index (χ0v) is 22.2. The van der Waals surface area contributed by atoms with E-state index in [0.717, 1.165) is 37.2 Å². The Labute approximate surface area is 213 Å². The molecular weight excluding hydrogens is 529 g/mol. The van der Waals surface area contributed by atoms with Crippen molar-refractivity contribution in [1.29, 1.82) is 0 Å². The summed E-state index contributed by atoms with van der Waals surface area (Å²) in [6.07, 6.45) is 3.68. The van der Waals surface area contributed by atoms with Crippen LogP contribution < -0.4 is 21.2 Å². The quantitative estimate of drug-likeness (QED) is 0.207. The Kier molecular flexibility index (Phi) is 8.13. The number of ether oxygens (including phenoxy) is 1. The summed E-state index contributed by atoms with van der Waals surface area (Å²) in [4.78, 5) is 23.4. The van der Waals surface area contributed by atoms with E-state index in [-0.39, 0.29) is 11.2 Å². The van der Waals surface area contributed by atoms with Gasteiger partial charge in [-0.2, -0.15) is 0 Å². The van der Waals surface area contributed by atoms with Crippen LogP contribution in [-0.2, 0) is 9.53 Å². The van der Waals surface area contributed by atoms with E-state index in [1.54, 1.807) is 0 Å². The first-order valence-corrected chi connectivity index (χ1v) is 16.9. The molecule has 4 rings (SSSR count). The van der Waals surface area contributed by atoms with Gasteiger partial charge in [-0.25, -0.2) is 0 Å². The van der Waals surface area contributed by atoms with E-state index in [0.29, 0.717) is 12.4 Å². The molecule has 1 N–H and O–H groups in total. The van der Waals surface area contributed by atoms with Crippen molar-refractivity contribution in [2.45, 2.75) is 25.3 Å². The second-order valence-electron chi connectivity index (χ2n) is 8.44. The van der Waals surface area contributed by atoms with Gasteiger partial charge in [-0.05, 0) is 0 Å². The SMILES string of the molecule is O=C1NC(C(=O)OCCCCCP(Br)(c2ccccc2)(c2ccccc2)c2ccccc2)CS1. The molecule has 0 aromatic heterocycles. The first kappa shape index (κ1) is 25.0. The molecule has 1 atom stereocenters. The number of amides is 1. The molecule has 1 saturated heterocycles. The van der Waals surface area contributed by atoms with Crippen LogP contribution in [0.3, 0.4) is 0 Å². The zero-order valence-electron chi connectivity index (χ0n) is 18.9. The van der Waals surface area contributed by atoms with Crippen LogP contribution in [0.2, 0.25) is 0 Å². The van der Waals surface area contributed by atoms with E-state index in [9.17, 15) is 9.59 Å². The van der Waals surface area contributed by atoms with Crippen LogP contribution in [-0.4, -0.2) is 35.8 Å². The number of hydrogen-bond acceptors (Lipinski definition) is 4. The molecule has 0 bridgehead atoms. The van der Waals surface area contributed by atoms with Crippen molar-refractivity contribution >= 4 is 59.7 Å². The second kappa shape index (κ2) is 11.1. The number of hydrogen-bond donors (Lipinski definition) is 1. The van der Waals surface area contributed by atoms with Gasteiger partial charge >= 0.3 is 214 Å². The van der Waals surface area contributed by atoms with Crippen molar-refractivity contribution in [1.82, 2.24) is 5.32 Å². The Hall–Kier alpha value is -2.14. The van der Waals surface area contributed by atoms with Gasteiger partial charge in [0.05, 0.1) is 0 Å². The third-order valence-corrected chi connectivity index (χ3v) is 17.2. The van der Waals surface area contributed by atoms with Gasteiger partial charge in [-0.3, -0.25) is 0 Å². The summed E-state index contributed by atoms with van der Waals surface area (Å²) in [6.45, 7) is 0.371. The molecule has 4 nitrogen and oxygen atoms in total. The van der Waals surface area contributed by atoms with E-state index in [1.807, 2.05) is 0 Å². The number of unbranched alkanes of at least 4 members (excludes halogenated alkanes) is 2. The fraction of sp³-hybridized carbons (Fsp3) is 0.259. The standard InChI is InChI=1S/C27H29BrNO3PS/c28-33(22-13-5-1-6-14-22,23-15-7-2-8-16-23,24-17-9-3-10-18-24)20-12-4-11-19-32-26(30)25-21-34-27(31)29-25/h1-3,5-10,13-18,25H,4,11-12,19-21H2,(H,29,31). The number of nitrogens with one attached hydrogen (secondary N) is 1. The van der Waals surface area contributed by atoms with E-state index < -0.39 is 11.3 Å². The molecule has 0 spiro atoms. The fourth-order valence-electron chi connectivity index (χ4n) is 4.52. The number of carbonyl (C=O) groups is 2. The topological polar surface area (TPSA) is 55.4 Å². The van der Waals surface area contributed by atoms with Crippen molar-refractivity contribution in [2.24, 2.45) is 0 Å². The number of esters is 1.